The van der Waals surface area contributed by atoms with E-state index in [9.17, 15) is 9.59 Å². The fourth-order valence-electron chi connectivity index (χ4n) is 2.72. The molecule has 1 aromatic rings. The lowest BCUT2D eigenvalue weighted by Crippen LogP contribution is -2.34. The molecule has 0 aromatic heterocycles. The smallest absolute Gasteiger partial charge is 0.319 e. The Kier molecular flexibility index (Phi) is 9.31. The van der Waals surface area contributed by atoms with Crippen LogP contribution in [0.15, 0.2) is 24.3 Å². The zero-order valence-electron chi connectivity index (χ0n) is 14.9. The topological polar surface area (TPSA) is 82.3 Å². The van der Waals surface area contributed by atoms with Crippen molar-refractivity contribution in [2.75, 3.05) is 18.4 Å². The van der Waals surface area contributed by atoms with Crippen molar-refractivity contribution in [3.8, 4) is 0 Å². The van der Waals surface area contributed by atoms with E-state index < -0.39 is 0 Å². The van der Waals surface area contributed by atoms with E-state index in [0.717, 1.165) is 30.8 Å². The van der Waals surface area contributed by atoms with Crippen LogP contribution in [-0.4, -0.2) is 31.1 Å². The maximum Gasteiger partial charge on any atom is 0.319 e. The van der Waals surface area contributed by atoms with E-state index in [1.807, 2.05) is 38.1 Å². The molecular formula is C18H29ClN4O2. The Morgan fingerprint density at radius 2 is 1.96 bits per heavy atom. The van der Waals surface area contributed by atoms with Gasteiger partial charge in [-0.2, -0.15) is 0 Å². The highest BCUT2D eigenvalue weighted by Crippen LogP contribution is 2.14. The summed E-state index contributed by atoms with van der Waals surface area (Å²) >= 11 is 0. The van der Waals surface area contributed by atoms with Gasteiger partial charge in [0.25, 0.3) is 0 Å². The molecule has 1 aliphatic rings. The maximum atomic E-state index is 11.9. The Labute approximate surface area is 155 Å². The Morgan fingerprint density at radius 1 is 1.24 bits per heavy atom. The normalized spacial score (nSPS) is 16.2. The minimum absolute atomic E-state index is 0. The molecular weight excluding hydrogens is 340 g/mol. The van der Waals surface area contributed by atoms with E-state index in [-0.39, 0.29) is 30.4 Å². The molecule has 1 aliphatic heterocycles. The van der Waals surface area contributed by atoms with E-state index in [1.165, 1.54) is 6.42 Å². The molecule has 1 atom stereocenters. The SMILES string of the molecule is CC(C)NC(=O)Nc1ccc(CNC(=O)CCC2CCNC2)cc1.Cl. The van der Waals surface area contributed by atoms with E-state index in [1.54, 1.807) is 0 Å². The Balaban J connectivity index is 0.00000312. The minimum atomic E-state index is -0.215. The first kappa shape index (κ1) is 21.3. The standard InChI is InChI=1S/C18H28N4O2.ClH/c1-13(2)21-18(24)22-16-6-3-14(4-7-16)12-20-17(23)8-5-15-9-10-19-11-15;/h3-4,6-7,13,15,19H,5,8-12H2,1-2H3,(H,20,23)(H2,21,22,24);1H. The number of anilines is 1. The van der Waals surface area contributed by atoms with Crippen LogP contribution in [0.5, 0.6) is 0 Å². The van der Waals surface area contributed by atoms with E-state index in [0.29, 0.717) is 18.9 Å². The second-order valence-corrected chi connectivity index (χ2v) is 6.62. The van der Waals surface area contributed by atoms with Gasteiger partial charge >= 0.3 is 6.03 Å². The Hall–Kier alpha value is -1.79. The molecule has 4 N–H and O–H groups in total. The molecule has 2 rings (SSSR count). The summed E-state index contributed by atoms with van der Waals surface area (Å²) in [6.07, 6.45) is 2.71. The summed E-state index contributed by atoms with van der Waals surface area (Å²) in [5.41, 5.74) is 1.75. The maximum absolute atomic E-state index is 11.9. The van der Waals surface area contributed by atoms with Crippen molar-refractivity contribution in [1.82, 2.24) is 16.0 Å². The molecule has 0 aliphatic carbocycles. The minimum Gasteiger partial charge on any atom is -0.352 e. The highest BCUT2D eigenvalue weighted by atomic mass is 35.5. The number of carbonyl (C=O) groups is 2. The van der Waals surface area contributed by atoms with Gasteiger partial charge in [-0.3, -0.25) is 4.79 Å². The Bertz CT molecular complexity index is 543. The third kappa shape index (κ3) is 8.23. The number of halogens is 1. The number of hydrogen-bond donors (Lipinski definition) is 4. The molecule has 1 unspecified atom stereocenters. The van der Waals surface area contributed by atoms with Gasteiger partial charge in [-0.15, -0.1) is 12.4 Å². The highest BCUT2D eigenvalue weighted by molar-refractivity contribution is 5.89. The van der Waals surface area contributed by atoms with Crippen LogP contribution in [0, 0.1) is 5.92 Å². The van der Waals surface area contributed by atoms with E-state index in [2.05, 4.69) is 21.3 Å². The van der Waals surface area contributed by atoms with Gasteiger partial charge in [0.1, 0.15) is 0 Å². The molecule has 0 saturated carbocycles. The lowest BCUT2D eigenvalue weighted by Gasteiger charge is -2.11. The molecule has 0 radical (unpaired) electrons. The second kappa shape index (κ2) is 10.9. The lowest BCUT2D eigenvalue weighted by atomic mass is 10.0. The van der Waals surface area contributed by atoms with Gasteiger partial charge in [-0.05, 0) is 63.4 Å². The van der Waals surface area contributed by atoms with Crippen molar-refractivity contribution < 1.29 is 9.59 Å². The van der Waals surface area contributed by atoms with Gasteiger partial charge in [0.2, 0.25) is 5.91 Å². The van der Waals surface area contributed by atoms with Crippen LogP contribution in [0.4, 0.5) is 10.5 Å². The molecule has 6 nitrogen and oxygen atoms in total. The molecule has 7 heteroatoms. The summed E-state index contributed by atoms with van der Waals surface area (Å²) in [4.78, 5) is 23.5. The summed E-state index contributed by atoms with van der Waals surface area (Å²) in [5, 5.41) is 11.8. The van der Waals surface area contributed by atoms with Crippen LogP contribution in [-0.2, 0) is 11.3 Å². The first-order valence-electron chi connectivity index (χ1n) is 8.67. The third-order valence-electron chi connectivity index (χ3n) is 4.06. The second-order valence-electron chi connectivity index (χ2n) is 6.62. The van der Waals surface area contributed by atoms with Crippen molar-refractivity contribution in [1.29, 1.82) is 0 Å². The third-order valence-corrected chi connectivity index (χ3v) is 4.06. The van der Waals surface area contributed by atoms with Crippen LogP contribution in [0.2, 0.25) is 0 Å². The van der Waals surface area contributed by atoms with Gasteiger partial charge in [0, 0.05) is 24.7 Å². The predicted molar refractivity (Wildman–Crippen MR) is 103 cm³/mol. The van der Waals surface area contributed by atoms with Gasteiger partial charge < -0.3 is 21.3 Å². The predicted octanol–water partition coefficient (Wildman–Crippen LogP) is 2.64. The van der Waals surface area contributed by atoms with Crippen LogP contribution >= 0.6 is 12.4 Å². The van der Waals surface area contributed by atoms with Gasteiger partial charge in [0.15, 0.2) is 0 Å². The molecule has 1 fully saturated rings. The van der Waals surface area contributed by atoms with Crippen LogP contribution in [0.25, 0.3) is 0 Å². The summed E-state index contributed by atoms with van der Waals surface area (Å²) in [7, 11) is 0. The van der Waals surface area contributed by atoms with E-state index >= 15 is 0 Å². The molecule has 1 saturated heterocycles. The number of carbonyl (C=O) groups excluding carboxylic acids is 2. The summed E-state index contributed by atoms with van der Waals surface area (Å²) in [6, 6.07) is 7.38. The average Bonchev–Trinajstić information content (AvgIpc) is 3.05. The van der Waals surface area contributed by atoms with Crippen molar-refractivity contribution in [2.45, 2.75) is 45.7 Å². The largest absolute Gasteiger partial charge is 0.352 e. The first-order chi connectivity index (χ1) is 11.5. The molecule has 1 heterocycles. The van der Waals surface area contributed by atoms with Crippen LogP contribution < -0.4 is 21.3 Å². The molecule has 140 valence electrons. The van der Waals surface area contributed by atoms with Crippen LogP contribution in [0.1, 0.15) is 38.7 Å². The summed E-state index contributed by atoms with van der Waals surface area (Å²) < 4.78 is 0. The van der Waals surface area contributed by atoms with Crippen molar-refractivity contribution in [3.05, 3.63) is 29.8 Å². The number of urea groups is 1. The molecule has 0 spiro atoms. The van der Waals surface area contributed by atoms with Gasteiger partial charge in [0.05, 0.1) is 0 Å². The fourth-order valence-corrected chi connectivity index (χ4v) is 2.72. The number of hydrogen-bond acceptors (Lipinski definition) is 3. The Morgan fingerprint density at radius 3 is 2.56 bits per heavy atom. The van der Waals surface area contributed by atoms with Crippen molar-refractivity contribution in [2.24, 2.45) is 5.92 Å². The highest BCUT2D eigenvalue weighted by Gasteiger charge is 2.15. The number of benzene rings is 1. The average molecular weight is 369 g/mol. The quantitative estimate of drug-likeness (QED) is 0.597. The van der Waals surface area contributed by atoms with Gasteiger partial charge in [-0.1, -0.05) is 12.1 Å². The number of amides is 3. The van der Waals surface area contributed by atoms with Crippen molar-refractivity contribution >= 4 is 30.0 Å². The molecule has 25 heavy (non-hydrogen) atoms. The zero-order valence-corrected chi connectivity index (χ0v) is 15.7. The fraction of sp³-hybridized carbons (Fsp3) is 0.556. The number of rotatable bonds is 7. The molecule has 0 bridgehead atoms. The van der Waals surface area contributed by atoms with Crippen LogP contribution in [0.3, 0.4) is 0 Å². The molecule has 1 aromatic carbocycles. The summed E-state index contributed by atoms with van der Waals surface area (Å²) in [5.74, 6) is 0.735. The molecule has 3 amide bonds. The summed E-state index contributed by atoms with van der Waals surface area (Å²) in [6.45, 7) is 6.44. The zero-order chi connectivity index (χ0) is 17.4. The lowest BCUT2D eigenvalue weighted by molar-refractivity contribution is -0.121. The first-order valence-corrected chi connectivity index (χ1v) is 8.67. The number of nitrogens with one attached hydrogen (secondary N) is 4. The van der Waals surface area contributed by atoms with Gasteiger partial charge in [-0.25, -0.2) is 4.79 Å². The monoisotopic (exact) mass is 368 g/mol. The van der Waals surface area contributed by atoms with Crippen molar-refractivity contribution in [3.63, 3.8) is 0 Å². The van der Waals surface area contributed by atoms with E-state index in [4.69, 9.17) is 0 Å².